The summed E-state index contributed by atoms with van der Waals surface area (Å²) in [6.07, 6.45) is -4.57. The lowest BCUT2D eigenvalue weighted by Gasteiger charge is -2.00. The molecule has 0 bridgehead atoms. The van der Waals surface area contributed by atoms with Crippen LogP contribution in [0.1, 0.15) is 21.2 Å². The van der Waals surface area contributed by atoms with Crippen molar-refractivity contribution in [1.82, 2.24) is 25.7 Å². The van der Waals surface area contributed by atoms with Gasteiger partial charge in [0.25, 0.3) is 5.91 Å². The number of nitrogens with zero attached hydrogens (tertiary/aromatic N) is 3. The largest absolute Gasteiger partial charge is 0.432 e. The van der Waals surface area contributed by atoms with Gasteiger partial charge in [0.15, 0.2) is 5.69 Å². The summed E-state index contributed by atoms with van der Waals surface area (Å²) in [5.74, 6) is -0.750. The number of halogens is 3. The first-order valence-corrected chi connectivity index (χ1v) is 5.66. The third kappa shape index (κ3) is 3.19. The van der Waals surface area contributed by atoms with Gasteiger partial charge >= 0.3 is 6.18 Å². The van der Waals surface area contributed by atoms with Gasteiger partial charge in [0.1, 0.15) is 10.7 Å². The number of amides is 1. The number of anilines is 1. The summed E-state index contributed by atoms with van der Waals surface area (Å²) >= 11 is 1.07. The molecule has 2 rings (SSSR count). The number of carbonyl (C=O) groups excluding carboxylic acids is 1. The Morgan fingerprint density at radius 1 is 1.47 bits per heavy atom. The summed E-state index contributed by atoms with van der Waals surface area (Å²) in [6, 6.07) is 0.629. The van der Waals surface area contributed by atoms with Crippen molar-refractivity contribution < 1.29 is 18.0 Å². The van der Waals surface area contributed by atoms with Crippen LogP contribution in [-0.2, 0) is 12.7 Å². The highest BCUT2D eigenvalue weighted by atomic mass is 32.1. The molecular formula is C8H7F3N6OS. The number of hydrogen-bond acceptors (Lipinski definition) is 6. The number of H-pyrrole nitrogens is 1. The van der Waals surface area contributed by atoms with E-state index in [-0.39, 0.29) is 17.4 Å². The molecule has 0 atom stereocenters. The van der Waals surface area contributed by atoms with Crippen LogP contribution in [0.15, 0.2) is 6.07 Å². The second-order valence-electron chi connectivity index (χ2n) is 3.38. The maximum atomic E-state index is 12.3. The Hall–Kier alpha value is -2.17. The predicted octanol–water partition coefficient (Wildman–Crippen LogP) is 0.792. The minimum atomic E-state index is -4.57. The highest BCUT2D eigenvalue weighted by molar-refractivity contribution is 7.15. The van der Waals surface area contributed by atoms with Crippen molar-refractivity contribution in [1.29, 1.82) is 0 Å². The van der Waals surface area contributed by atoms with Gasteiger partial charge in [0.05, 0.1) is 6.54 Å². The summed E-state index contributed by atoms with van der Waals surface area (Å²) in [5.41, 5.74) is 3.90. The fourth-order valence-electron chi connectivity index (χ4n) is 1.17. The highest BCUT2D eigenvalue weighted by Crippen LogP contribution is 2.27. The van der Waals surface area contributed by atoms with Gasteiger partial charge in [-0.1, -0.05) is 11.3 Å². The number of nitrogens with one attached hydrogen (secondary N) is 2. The fraction of sp³-hybridized carbons (Fsp3) is 0.250. The first kappa shape index (κ1) is 13.3. The summed E-state index contributed by atoms with van der Waals surface area (Å²) in [4.78, 5) is 11.5. The standard InChI is InChI=1S/C8H7F3N6OS/c9-8(10,11)4-1-3(14-15-4)6(18)13-2-5-16-17-7(12)19-5/h1H,2H2,(H2,12,17)(H,13,18)(H,14,15). The van der Waals surface area contributed by atoms with Crippen LogP contribution in [-0.4, -0.2) is 26.3 Å². The Labute approximate surface area is 108 Å². The zero-order chi connectivity index (χ0) is 14.0. The zero-order valence-electron chi connectivity index (χ0n) is 9.15. The first-order valence-electron chi connectivity index (χ1n) is 4.85. The van der Waals surface area contributed by atoms with Crippen LogP contribution >= 0.6 is 11.3 Å². The summed E-state index contributed by atoms with van der Waals surface area (Å²) in [7, 11) is 0. The molecule has 0 radical (unpaired) electrons. The average molecular weight is 292 g/mol. The maximum absolute atomic E-state index is 12.3. The Balaban J connectivity index is 1.98. The number of alkyl halides is 3. The van der Waals surface area contributed by atoms with Crippen LogP contribution in [0.3, 0.4) is 0 Å². The van der Waals surface area contributed by atoms with E-state index in [1.54, 1.807) is 5.10 Å². The Morgan fingerprint density at radius 3 is 2.74 bits per heavy atom. The second-order valence-corrected chi connectivity index (χ2v) is 4.47. The number of carbonyl (C=O) groups is 1. The van der Waals surface area contributed by atoms with E-state index in [2.05, 4.69) is 20.6 Å². The van der Waals surface area contributed by atoms with Gasteiger partial charge in [-0.25, -0.2) is 0 Å². The molecule has 4 N–H and O–H groups in total. The topological polar surface area (TPSA) is 110 Å². The molecule has 102 valence electrons. The van der Waals surface area contributed by atoms with E-state index in [0.717, 1.165) is 11.3 Å². The fourth-order valence-corrected chi connectivity index (χ4v) is 1.72. The first-order chi connectivity index (χ1) is 8.86. The predicted molar refractivity (Wildman–Crippen MR) is 59.1 cm³/mol. The molecule has 2 aromatic rings. The van der Waals surface area contributed by atoms with Crippen LogP contribution in [0.4, 0.5) is 18.3 Å². The van der Waals surface area contributed by atoms with E-state index in [1.165, 1.54) is 0 Å². The van der Waals surface area contributed by atoms with E-state index in [9.17, 15) is 18.0 Å². The average Bonchev–Trinajstić information content (AvgIpc) is 2.93. The molecule has 19 heavy (non-hydrogen) atoms. The van der Waals surface area contributed by atoms with Gasteiger partial charge in [0, 0.05) is 6.07 Å². The lowest BCUT2D eigenvalue weighted by Crippen LogP contribution is -2.23. The van der Waals surface area contributed by atoms with Gasteiger partial charge < -0.3 is 11.1 Å². The molecule has 2 aromatic heterocycles. The molecule has 0 aliphatic heterocycles. The smallest absolute Gasteiger partial charge is 0.374 e. The van der Waals surface area contributed by atoms with E-state index in [1.807, 2.05) is 0 Å². The van der Waals surface area contributed by atoms with Crippen molar-refractivity contribution >= 4 is 22.4 Å². The van der Waals surface area contributed by atoms with Crippen molar-refractivity contribution in [3.8, 4) is 0 Å². The molecule has 0 saturated carbocycles. The van der Waals surface area contributed by atoms with Crippen molar-refractivity contribution in [3.05, 3.63) is 22.5 Å². The van der Waals surface area contributed by atoms with Gasteiger partial charge in [-0.3, -0.25) is 9.89 Å². The lowest BCUT2D eigenvalue weighted by molar-refractivity contribution is -0.141. The minimum Gasteiger partial charge on any atom is -0.374 e. The van der Waals surface area contributed by atoms with Crippen LogP contribution in [0.2, 0.25) is 0 Å². The molecule has 2 heterocycles. The van der Waals surface area contributed by atoms with Crippen LogP contribution in [0, 0.1) is 0 Å². The lowest BCUT2D eigenvalue weighted by atomic mass is 10.3. The third-order valence-corrected chi connectivity index (χ3v) is 2.75. The van der Waals surface area contributed by atoms with Crippen LogP contribution in [0.5, 0.6) is 0 Å². The van der Waals surface area contributed by atoms with E-state index in [4.69, 9.17) is 5.73 Å². The molecule has 11 heteroatoms. The van der Waals surface area contributed by atoms with Gasteiger partial charge in [0.2, 0.25) is 5.13 Å². The SMILES string of the molecule is Nc1nnc(CNC(=O)c2cc(C(F)(F)F)[nH]n2)s1. The summed E-state index contributed by atoms with van der Waals surface area (Å²) < 4.78 is 36.9. The monoisotopic (exact) mass is 292 g/mol. The highest BCUT2D eigenvalue weighted by Gasteiger charge is 2.33. The van der Waals surface area contributed by atoms with Gasteiger partial charge in [-0.05, 0) is 0 Å². The Kier molecular flexibility index (Phi) is 3.38. The minimum absolute atomic E-state index is 0.0158. The van der Waals surface area contributed by atoms with Crippen molar-refractivity contribution in [3.63, 3.8) is 0 Å². The molecule has 0 unspecified atom stereocenters. The quantitative estimate of drug-likeness (QED) is 0.775. The maximum Gasteiger partial charge on any atom is 0.432 e. The molecule has 0 aliphatic rings. The molecule has 0 aromatic carbocycles. The Bertz CT molecular complexity index is 591. The van der Waals surface area contributed by atoms with Gasteiger partial charge in [-0.2, -0.15) is 18.3 Å². The summed E-state index contributed by atoms with van der Waals surface area (Å²) in [5, 5.41) is 15.2. The molecular weight excluding hydrogens is 285 g/mol. The number of aromatic nitrogens is 4. The number of nitrogens with two attached hydrogens (primary N) is 1. The molecule has 0 aliphatic carbocycles. The molecule has 0 saturated heterocycles. The van der Waals surface area contributed by atoms with Crippen molar-refractivity contribution in [2.75, 3.05) is 5.73 Å². The number of rotatable bonds is 3. The second kappa shape index (κ2) is 4.84. The van der Waals surface area contributed by atoms with Crippen molar-refractivity contribution in [2.24, 2.45) is 0 Å². The normalized spacial score (nSPS) is 11.5. The van der Waals surface area contributed by atoms with E-state index < -0.39 is 17.8 Å². The van der Waals surface area contributed by atoms with E-state index in [0.29, 0.717) is 11.1 Å². The zero-order valence-corrected chi connectivity index (χ0v) is 9.97. The third-order valence-electron chi connectivity index (χ3n) is 2.00. The molecule has 7 nitrogen and oxygen atoms in total. The van der Waals surface area contributed by atoms with Crippen LogP contribution in [0.25, 0.3) is 0 Å². The summed E-state index contributed by atoms with van der Waals surface area (Å²) in [6.45, 7) is 0.0158. The van der Waals surface area contributed by atoms with Crippen LogP contribution < -0.4 is 11.1 Å². The van der Waals surface area contributed by atoms with Gasteiger partial charge in [-0.15, -0.1) is 10.2 Å². The Morgan fingerprint density at radius 2 is 2.21 bits per heavy atom. The number of nitrogen functional groups attached to an aromatic ring is 1. The van der Waals surface area contributed by atoms with E-state index >= 15 is 0 Å². The number of hydrogen-bond donors (Lipinski definition) is 3. The number of aromatic amines is 1. The molecule has 1 amide bonds. The molecule has 0 spiro atoms. The molecule has 0 fully saturated rings. The van der Waals surface area contributed by atoms with Crippen molar-refractivity contribution in [2.45, 2.75) is 12.7 Å².